The number of nitrogens with one attached hydrogen (secondary N) is 1. The molecule has 1 aromatic rings. The molecule has 0 aromatic heterocycles. The molecule has 0 bridgehead atoms. The van der Waals surface area contributed by atoms with Crippen molar-refractivity contribution in [1.82, 2.24) is 4.72 Å². The van der Waals surface area contributed by atoms with Gasteiger partial charge < -0.3 is 5.11 Å². The molecule has 1 rings (SSSR count). The Balaban J connectivity index is 3.03. The van der Waals surface area contributed by atoms with Crippen molar-refractivity contribution >= 4 is 10.0 Å². The summed E-state index contributed by atoms with van der Waals surface area (Å²) in [5, 5.41) is 8.94. The Labute approximate surface area is 102 Å². The third-order valence-corrected chi connectivity index (χ3v) is 3.46. The molecule has 0 aliphatic heterocycles. The summed E-state index contributed by atoms with van der Waals surface area (Å²) in [7, 11) is -4.05. The molecule has 0 unspecified atom stereocenters. The van der Waals surface area contributed by atoms with Crippen LogP contribution in [0.25, 0.3) is 0 Å². The summed E-state index contributed by atoms with van der Waals surface area (Å²) in [6, 6.07) is 3.40. The van der Waals surface area contributed by atoms with Crippen molar-refractivity contribution in [3.05, 3.63) is 29.8 Å². The maximum Gasteiger partial charge on any atom is 0.416 e. The van der Waals surface area contributed by atoms with E-state index in [0.29, 0.717) is 6.07 Å². The number of aliphatic hydroxyl groups is 1. The van der Waals surface area contributed by atoms with Crippen LogP contribution >= 0.6 is 0 Å². The van der Waals surface area contributed by atoms with E-state index < -0.39 is 32.8 Å². The lowest BCUT2D eigenvalue weighted by molar-refractivity contribution is -0.137. The van der Waals surface area contributed by atoms with Gasteiger partial charge in [-0.1, -0.05) is 6.07 Å². The van der Waals surface area contributed by atoms with Crippen LogP contribution in [0, 0.1) is 0 Å². The molecule has 0 fully saturated rings. The van der Waals surface area contributed by atoms with Gasteiger partial charge in [0, 0.05) is 6.54 Å². The van der Waals surface area contributed by atoms with Crippen LogP contribution < -0.4 is 4.72 Å². The SMILES string of the molecule is C[C@@H](O)CNS(=O)(=O)c1cccc(C(F)(F)F)c1. The van der Waals surface area contributed by atoms with Crippen LogP contribution in [0.5, 0.6) is 0 Å². The van der Waals surface area contributed by atoms with Gasteiger partial charge in [-0.3, -0.25) is 0 Å². The molecular formula is C10H12F3NO3S. The van der Waals surface area contributed by atoms with Gasteiger partial charge in [0.15, 0.2) is 0 Å². The lowest BCUT2D eigenvalue weighted by Gasteiger charge is -2.11. The van der Waals surface area contributed by atoms with Crippen LogP contribution in [0.2, 0.25) is 0 Å². The van der Waals surface area contributed by atoms with Gasteiger partial charge >= 0.3 is 6.18 Å². The quantitative estimate of drug-likeness (QED) is 0.877. The molecule has 0 radical (unpaired) electrons. The molecule has 0 aliphatic carbocycles. The summed E-state index contributed by atoms with van der Waals surface area (Å²) >= 11 is 0. The first-order valence-corrected chi connectivity index (χ1v) is 6.46. The van der Waals surface area contributed by atoms with Crippen molar-refractivity contribution in [3.8, 4) is 0 Å². The highest BCUT2D eigenvalue weighted by atomic mass is 32.2. The highest BCUT2D eigenvalue weighted by Crippen LogP contribution is 2.30. The van der Waals surface area contributed by atoms with Crippen LogP contribution in [-0.2, 0) is 16.2 Å². The number of hydrogen-bond donors (Lipinski definition) is 2. The average molecular weight is 283 g/mol. The van der Waals surface area contributed by atoms with Crippen LogP contribution in [-0.4, -0.2) is 26.2 Å². The zero-order valence-corrected chi connectivity index (χ0v) is 10.2. The third kappa shape index (κ3) is 3.97. The number of aliphatic hydroxyl groups excluding tert-OH is 1. The molecule has 2 N–H and O–H groups in total. The van der Waals surface area contributed by atoms with Crippen LogP contribution in [0.4, 0.5) is 13.2 Å². The van der Waals surface area contributed by atoms with Crippen molar-refractivity contribution in [3.63, 3.8) is 0 Å². The van der Waals surface area contributed by atoms with Gasteiger partial charge in [-0.05, 0) is 25.1 Å². The predicted molar refractivity (Wildman–Crippen MR) is 58.3 cm³/mol. The molecule has 0 aliphatic rings. The summed E-state index contributed by atoms with van der Waals surface area (Å²) in [4.78, 5) is -0.488. The molecule has 1 atom stereocenters. The van der Waals surface area contributed by atoms with Crippen LogP contribution in [0.15, 0.2) is 29.2 Å². The number of hydrogen-bond acceptors (Lipinski definition) is 3. The van der Waals surface area contributed by atoms with E-state index >= 15 is 0 Å². The zero-order valence-electron chi connectivity index (χ0n) is 9.40. The minimum atomic E-state index is -4.60. The average Bonchev–Trinajstić information content (AvgIpc) is 2.26. The van der Waals surface area contributed by atoms with E-state index in [9.17, 15) is 21.6 Å². The molecule has 8 heteroatoms. The molecule has 18 heavy (non-hydrogen) atoms. The summed E-state index contributed by atoms with van der Waals surface area (Å²) in [5.74, 6) is 0. The molecule has 1 aromatic carbocycles. The van der Waals surface area contributed by atoms with Gasteiger partial charge in [-0.15, -0.1) is 0 Å². The largest absolute Gasteiger partial charge is 0.416 e. The minimum absolute atomic E-state index is 0.265. The Hall–Kier alpha value is -1.12. The van der Waals surface area contributed by atoms with E-state index in [1.807, 2.05) is 4.72 Å². The summed E-state index contributed by atoms with van der Waals surface area (Å²) in [6.07, 6.45) is -5.53. The molecule has 0 saturated carbocycles. The van der Waals surface area contributed by atoms with Gasteiger partial charge in [-0.25, -0.2) is 13.1 Å². The second-order valence-corrected chi connectivity index (χ2v) is 5.49. The number of rotatable bonds is 4. The van der Waals surface area contributed by atoms with Crippen molar-refractivity contribution in [2.75, 3.05) is 6.54 Å². The van der Waals surface area contributed by atoms with E-state index in [4.69, 9.17) is 5.11 Å². The van der Waals surface area contributed by atoms with Gasteiger partial charge in [0.1, 0.15) is 0 Å². The predicted octanol–water partition coefficient (Wildman–Crippen LogP) is 1.36. The topological polar surface area (TPSA) is 66.4 Å². The summed E-state index contributed by atoms with van der Waals surface area (Å²) in [5.41, 5.74) is -1.04. The maximum absolute atomic E-state index is 12.4. The molecule has 0 spiro atoms. The van der Waals surface area contributed by atoms with E-state index in [2.05, 4.69) is 0 Å². The molecule has 4 nitrogen and oxygen atoms in total. The van der Waals surface area contributed by atoms with Gasteiger partial charge in [0.2, 0.25) is 10.0 Å². The molecule has 0 amide bonds. The van der Waals surface area contributed by atoms with Crippen LogP contribution in [0.1, 0.15) is 12.5 Å². The Morgan fingerprint density at radius 2 is 2.00 bits per heavy atom. The lowest BCUT2D eigenvalue weighted by atomic mass is 10.2. The monoisotopic (exact) mass is 283 g/mol. The van der Waals surface area contributed by atoms with Crippen molar-refractivity contribution < 1.29 is 26.7 Å². The van der Waals surface area contributed by atoms with Crippen LogP contribution in [0.3, 0.4) is 0 Å². The fourth-order valence-corrected chi connectivity index (χ4v) is 2.32. The van der Waals surface area contributed by atoms with Gasteiger partial charge in [0.05, 0.1) is 16.6 Å². The second kappa shape index (κ2) is 5.25. The number of sulfonamides is 1. The van der Waals surface area contributed by atoms with E-state index in [1.54, 1.807) is 0 Å². The number of alkyl halides is 3. The van der Waals surface area contributed by atoms with Gasteiger partial charge in [-0.2, -0.15) is 13.2 Å². The highest BCUT2D eigenvalue weighted by molar-refractivity contribution is 7.89. The first-order valence-electron chi connectivity index (χ1n) is 4.98. The summed E-state index contributed by atoms with van der Waals surface area (Å²) in [6.45, 7) is 1.09. The van der Waals surface area contributed by atoms with Crippen molar-refractivity contribution in [1.29, 1.82) is 0 Å². The Kier molecular flexibility index (Phi) is 4.36. The third-order valence-electron chi connectivity index (χ3n) is 2.04. The van der Waals surface area contributed by atoms with E-state index in [1.165, 1.54) is 6.92 Å². The molecule has 0 saturated heterocycles. The normalized spacial score (nSPS) is 14.5. The van der Waals surface area contributed by atoms with E-state index in [0.717, 1.165) is 18.2 Å². The smallest absolute Gasteiger partial charge is 0.392 e. The van der Waals surface area contributed by atoms with Crippen molar-refractivity contribution in [2.24, 2.45) is 0 Å². The standard InChI is InChI=1S/C10H12F3NO3S/c1-7(15)6-14-18(16,17)9-4-2-3-8(5-9)10(11,12)13/h2-5,7,14-15H,6H2,1H3/t7-/m1/s1. The molecule has 102 valence electrons. The fourth-order valence-electron chi connectivity index (χ4n) is 1.15. The Morgan fingerprint density at radius 3 is 2.50 bits per heavy atom. The van der Waals surface area contributed by atoms with E-state index in [-0.39, 0.29) is 6.54 Å². The zero-order chi connectivity index (χ0) is 14.0. The van der Waals surface area contributed by atoms with Crippen molar-refractivity contribution in [2.45, 2.75) is 24.1 Å². The summed E-state index contributed by atoms with van der Waals surface area (Å²) < 4.78 is 62.5. The maximum atomic E-state index is 12.4. The number of halogens is 3. The first kappa shape index (κ1) is 14.9. The Morgan fingerprint density at radius 1 is 1.39 bits per heavy atom. The highest BCUT2D eigenvalue weighted by Gasteiger charge is 2.31. The second-order valence-electron chi connectivity index (χ2n) is 3.73. The first-order chi connectivity index (χ1) is 8.13. The Bertz CT molecular complexity index is 511. The lowest BCUT2D eigenvalue weighted by Crippen LogP contribution is -2.30. The minimum Gasteiger partial charge on any atom is -0.392 e. The number of benzene rings is 1. The fraction of sp³-hybridized carbons (Fsp3) is 0.400. The molecule has 0 heterocycles. The molecular weight excluding hydrogens is 271 g/mol. The van der Waals surface area contributed by atoms with Gasteiger partial charge in [0.25, 0.3) is 0 Å².